The van der Waals surface area contributed by atoms with Gasteiger partial charge in [-0.05, 0) is 37.6 Å². The normalized spacial score (nSPS) is 11.4. The van der Waals surface area contributed by atoms with E-state index in [0.717, 1.165) is 12.1 Å². The van der Waals surface area contributed by atoms with Crippen molar-refractivity contribution in [1.82, 2.24) is 0 Å². The first kappa shape index (κ1) is 10.7. The molecule has 0 amide bonds. The van der Waals surface area contributed by atoms with Crippen molar-refractivity contribution < 1.29 is 14.3 Å². The molecule has 4 heteroatoms. The van der Waals surface area contributed by atoms with Gasteiger partial charge < -0.3 is 10.8 Å². The Hall–Kier alpha value is -1.42. The van der Waals surface area contributed by atoms with Crippen molar-refractivity contribution in [2.75, 3.05) is 0 Å². The number of hydrogen-bond donors (Lipinski definition) is 2. The first-order valence-corrected chi connectivity index (χ1v) is 4.14. The van der Waals surface area contributed by atoms with E-state index in [4.69, 9.17) is 10.8 Å². The van der Waals surface area contributed by atoms with E-state index < -0.39 is 17.3 Å². The summed E-state index contributed by atoms with van der Waals surface area (Å²) < 4.78 is 12.9. The van der Waals surface area contributed by atoms with Crippen molar-refractivity contribution in [2.24, 2.45) is 5.73 Å². The summed E-state index contributed by atoms with van der Waals surface area (Å²) in [6.07, 6.45) is 0. The molecule has 0 aliphatic heterocycles. The van der Waals surface area contributed by atoms with Crippen LogP contribution in [0.3, 0.4) is 0 Å². The molecule has 1 aromatic rings. The summed E-state index contributed by atoms with van der Waals surface area (Å²) in [5.74, 6) is -1.58. The average Bonchev–Trinajstić information content (AvgIpc) is 2.01. The molecule has 0 aliphatic carbocycles. The van der Waals surface area contributed by atoms with E-state index in [1.54, 1.807) is 13.8 Å². The van der Waals surface area contributed by atoms with E-state index in [0.29, 0.717) is 5.56 Å². The molecule has 14 heavy (non-hydrogen) atoms. The van der Waals surface area contributed by atoms with Gasteiger partial charge in [0.05, 0.1) is 5.56 Å². The van der Waals surface area contributed by atoms with Crippen molar-refractivity contribution in [2.45, 2.75) is 19.4 Å². The molecular weight excluding hydrogens is 185 g/mol. The van der Waals surface area contributed by atoms with Gasteiger partial charge in [-0.25, -0.2) is 9.18 Å². The zero-order valence-corrected chi connectivity index (χ0v) is 8.04. The number of carbonyl (C=O) groups is 1. The standard InChI is InChI=1S/C10H12FNO2/c1-10(2,12)8-5-6(11)3-4-7(8)9(13)14/h3-5H,12H2,1-2H3,(H,13,14). The third-order valence-electron chi connectivity index (χ3n) is 1.91. The molecule has 0 aromatic heterocycles. The quantitative estimate of drug-likeness (QED) is 0.758. The molecule has 3 N–H and O–H groups in total. The van der Waals surface area contributed by atoms with Crippen LogP contribution in [0.15, 0.2) is 18.2 Å². The Morgan fingerprint density at radius 2 is 2.07 bits per heavy atom. The molecule has 0 radical (unpaired) electrons. The maximum absolute atomic E-state index is 12.9. The molecule has 0 aliphatic rings. The van der Waals surface area contributed by atoms with Gasteiger partial charge in [0.15, 0.2) is 0 Å². The van der Waals surface area contributed by atoms with Crippen LogP contribution in [-0.2, 0) is 5.54 Å². The van der Waals surface area contributed by atoms with Crippen molar-refractivity contribution >= 4 is 5.97 Å². The van der Waals surface area contributed by atoms with Gasteiger partial charge in [0, 0.05) is 5.54 Å². The van der Waals surface area contributed by atoms with Crippen LogP contribution in [0.25, 0.3) is 0 Å². The van der Waals surface area contributed by atoms with Crippen molar-refractivity contribution in [1.29, 1.82) is 0 Å². The zero-order chi connectivity index (χ0) is 10.9. The third kappa shape index (κ3) is 2.09. The molecule has 0 heterocycles. The Bertz CT molecular complexity index is 369. The predicted octanol–water partition coefficient (Wildman–Crippen LogP) is 1.72. The average molecular weight is 197 g/mol. The van der Waals surface area contributed by atoms with Gasteiger partial charge in [-0.1, -0.05) is 0 Å². The fourth-order valence-electron chi connectivity index (χ4n) is 1.24. The summed E-state index contributed by atoms with van der Waals surface area (Å²) in [6, 6.07) is 3.49. The van der Waals surface area contributed by atoms with Gasteiger partial charge in [-0.15, -0.1) is 0 Å². The maximum atomic E-state index is 12.9. The lowest BCUT2D eigenvalue weighted by atomic mass is 9.91. The summed E-state index contributed by atoms with van der Waals surface area (Å²) in [6.45, 7) is 3.27. The van der Waals surface area contributed by atoms with Crippen molar-refractivity contribution in [3.63, 3.8) is 0 Å². The molecule has 0 saturated heterocycles. The van der Waals surface area contributed by atoms with Crippen LogP contribution in [-0.4, -0.2) is 11.1 Å². The lowest BCUT2D eigenvalue weighted by molar-refractivity contribution is 0.0694. The van der Waals surface area contributed by atoms with Crippen LogP contribution in [0, 0.1) is 5.82 Å². The van der Waals surface area contributed by atoms with E-state index in [1.807, 2.05) is 0 Å². The molecule has 3 nitrogen and oxygen atoms in total. The Morgan fingerprint density at radius 1 is 1.50 bits per heavy atom. The van der Waals surface area contributed by atoms with E-state index in [9.17, 15) is 9.18 Å². The predicted molar refractivity (Wildman–Crippen MR) is 50.6 cm³/mol. The Balaban J connectivity index is 3.38. The van der Waals surface area contributed by atoms with Gasteiger partial charge in [0.1, 0.15) is 5.82 Å². The Labute approximate surface area is 81.4 Å². The first-order chi connectivity index (χ1) is 6.32. The fraction of sp³-hybridized carbons (Fsp3) is 0.300. The van der Waals surface area contributed by atoms with Crippen LogP contribution in [0.4, 0.5) is 4.39 Å². The number of nitrogens with two attached hydrogens (primary N) is 1. The number of rotatable bonds is 2. The van der Waals surface area contributed by atoms with Gasteiger partial charge >= 0.3 is 5.97 Å². The number of carboxylic acids is 1. The molecule has 1 rings (SSSR count). The first-order valence-electron chi connectivity index (χ1n) is 4.14. The molecule has 0 unspecified atom stereocenters. The molecule has 76 valence electrons. The second-order valence-corrected chi connectivity index (χ2v) is 3.72. The van der Waals surface area contributed by atoms with Gasteiger partial charge in [-0.2, -0.15) is 0 Å². The van der Waals surface area contributed by atoms with E-state index in [2.05, 4.69) is 0 Å². The highest BCUT2D eigenvalue weighted by molar-refractivity contribution is 5.89. The van der Waals surface area contributed by atoms with Gasteiger partial charge in [0.25, 0.3) is 0 Å². The van der Waals surface area contributed by atoms with Crippen LogP contribution in [0.2, 0.25) is 0 Å². The van der Waals surface area contributed by atoms with Crippen LogP contribution >= 0.6 is 0 Å². The minimum Gasteiger partial charge on any atom is -0.478 e. The summed E-state index contributed by atoms with van der Waals surface area (Å²) in [5.41, 5.74) is 5.21. The van der Waals surface area contributed by atoms with E-state index in [1.165, 1.54) is 6.07 Å². The largest absolute Gasteiger partial charge is 0.478 e. The SMILES string of the molecule is CC(C)(N)c1cc(F)ccc1C(=O)O. The molecule has 0 spiro atoms. The number of carboxylic acid groups (broad SMARTS) is 1. The fourth-order valence-corrected chi connectivity index (χ4v) is 1.24. The molecule has 0 fully saturated rings. The molecular formula is C10H12FNO2. The monoisotopic (exact) mass is 197 g/mol. The highest BCUT2D eigenvalue weighted by atomic mass is 19.1. The van der Waals surface area contributed by atoms with Crippen LogP contribution in [0.1, 0.15) is 29.8 Å². The smallest absolute Gasteiger partial charge is 0.336 e. The van der Waals surface area contributed by atoms with Crippen molar-refractivity contribution in [3.05, 3.63) is 35.1 Å². The molecule has 0 saturated carbocycles. The highest BCUT2D eigenvalue weighted by Gasteiger charge is 2.22. The van der Waals surface area contributed by atoms with Gasteiger partial charge in [0.2, 0.25) is 0 Å². The highest BCUT2D eigenvalue weighted by Crippen LogP contribution is 2.22. The molecule has 1 aromatic carbocycles. The summed E-state index contributed by atoms with van der Waals surface area (Å²) >= 11 is 0. The number of aromatic carboxylic acids is 1. The topological polar surface area (TPSA) is 63.3 Å². The van der Waals surface area contributed by atoms with E-state index >= 15 is 0 Å². The summed E-state index contributed by atoms with van der Waals surface area (Å²) in [5, 5.41) is 8.84. The minimum atomic E-state index is -1.10. The second-order valence-electron chi connectivity index (χ2n) is 3.72. The Kier molecular flexibility index (Phi) is 2.57. The second kappa shape index (κ2) is 3.38. The summed E-state index contributed by atoms with van der Waals surface area (Å²) in [7, 11) is 0. The van der Waals surface area contributed by atoms with Crippen LogP contribution in [0.5, 0.6) is 0 Å². The zero-order valence-electron chi connectivity index (χ0n) is 8.04. The molecule has 0 bridgehead atoms. The lowest BCUT2D eigenvalue weighted by Gasteiger charge is -2.21. The van der Waals surface area contributed by atoms with Crippen molar-refractivity contribution in [3.8, 4) is 0 Å². The van der Waals surface area contributed by atoms with Crippen LogP contribution < -0.4 is 5.73 Å². The number of hydrogen-bond acceptors (Lipinski definition) is 2. The van der Waals surface area contributed by atoms with E-state index in [-0.39, 0.29) is 5.56 Å². The number of benzene rings is 1. The minimum absolute atomic E-state index is 0.0406. The third-order valence-corrected chi connectivity index (χ3v) is 1.91. The molecule has 0 atom stereocenters. The summed E-state index contributed by atoms with van der Waals surface area (Å²) in [4.78, 5) is 10.8. The Morgan fingerprint density at radius 3 is 2.50 bits per heavy atom. The number of halogens is 1. The van der Waals surface area contributed by atoms with Gasteiger partial charge in [-0.3, -0.25) is 0 Å². The lowest BCUT2D eigenvalue weighted by Crippen LogP contribution is -2.31. The maximum Gasteiger partial charge on any atom is 0.336 e.